The number of rotatable bonds is 10. The first-order valence-corrected chi connectivity index (χ1v) is 9.92. The molecule has 1 N–H and O–H groups in total. The van der Waals surface area contributed by atoms with Gasteiger partial charge in [0, 0.05) is 5.57 Å². The number of aliphatic hydroxyl groups is 1. The fourth-order valence-corrected chi connectivity index (χ4v) is 3.20. The van der Waals surface area contributed by atoms with Crippen LogP contribution in [0.3, 0.4) is 0 Å². The average molecular weight is 389 g/mol. The van der Waals surface area contributed by atoms with Crippen molar-refractivity contribution < 1.29 is 19.4 Å². The molecule has 1 aliphatic carbocycles. The molecule has 0 saturated heterocycles. The largest absolute Gasteiger partial charge is 0.494 e. The summed E-state index contributed by atoms with van der Waals surface area (Å²) in [5, 5.41) is 10.6. The SMILES string of the molecule is COC1=C(OC)C(O)C(C/C=C(\C)CC/C=C(\C)CCC=C(C)C)=C(C)C1=O. The second-order valence-corrected chi connectivity index (χ2v) is 7.65. The van der Waals surface area contributed by atoms with Gasteiger partial charge in [0.25, 0.3) is 0 Å². The molecule has 0 heterocycles. The maximum Gasteiger partial charge on any atom is 0.226 e. The summed E-state index contributed by atoms with van der Waals surface area (Å²) in [6.07, 6.45) is 10.4. The van der Waals surface area contributed by atoms with Crippen molar-refractivity contribution in [2.24, 2.45) is 0 Å². The van der Waals surface area contributed by atoms with E-state index in [0.29, 0.717) is 17.6 Å². The van der Waals surface area contributed by atoms with Gasteiger partial charge >= 0.3 is 0 Å². The molecule has 4 nitrogen and oxygen atoms in total. The lowest BCUT2D eigenvalue weighted by atomic mass is 9.89. The summed E-state index contributed by atoms with van der Waals surface area (Å²) < 4.78 is 10.3. The standard InChI is InChI=1S/C24H36O4/c1-16(2)10-8-11-17(3)12-9-13-18(4)14-15-20-19(5)21(25)23(27-6)24(28-7)22(20)26/h10,12,14,22,26H,8-9,11,13,15H2,1-7H3/b17-12+,18-14+. The highest BCUT2D eigenvalue weighted by atomic mass is 16.5. The topological polar surface area (TPSA) is 55.8 Å². The van der Waals surface area contributed by atoms with Crippen molar-refractivity contribution in [2.45, 2.75) is 72.8 Å². The van der Waals surface area contributed by atoms with Crippen molar-refractivity contribution in [1.82, 2.24) is 0 Å². The first kappa shape index (κ1) is 24.0. The minimum atomic E-state index is -0.945. The Bertz CT molecular complexity index is 713. The molecule has 0 aromatic rings. The zero-order valence-electron chi connectivity index (χ0n) is 18.5. The molecular weight excluding hydrogens is 352 g/mol. The van der Waals surface area contributed by atoms with Gasteiger partial charge in [0.2, 0.25) is 11.5 Å². The van der Waals surface area contributed by atoms with Crippen LogP contribution in [0.4, 0.5) is 0 Å². The van der Waals surface area contributed by atoms with E-state index in [1.165, 1.54) is 30.9 Å². The Balaban J connectivity index is 2.68. The minimum absolute atomic E-state index is 0.0886. The Morgan fingerprint density at radius 2 is 1.54 bits per heavy atom. The van der Waals surface area contributed by atoms with Gasteiger partial charge in [-0.1, -0.05) is 34.9 Å². The Kier molecular flexibility index (Phi) is 10.0. The molecule has 0 bridgehead atoms. The van der Waals surface area contributed by atoms with Crippen LogP contribution in [0.5, 0.6) is 0 Å². The van der Waals surface area contributed by atoms with Crippen LogP contribution < -0.4 is 0 Å². The first-order valence-electron chi connectivity index (χ1n) is 9.92. The number of hydrogen-bond donors (Lipinski definition) is 1. The van der Waals surface area contributed by atoms with Gasteiger partial charge < -0.3 is 14.6 Å². The summed E-state index contributed by atoms with van der Waals surface area (Å²) >= 11 is 0. The Morgan fingerprint density at radius 3 is 2.07 bits per heavy atom. The van der Waals surface area contributed by atoms with E-state index < -0.39 is 6.10 Å². The third-order valence-electron chi connectivity index (χ3n) is 5.05. The first-order chi connectivity index (χ1) is 13.2. The summed E-state index contributed by atoms with van der Waals surface area (Å²) in [7, 11) is 2.85. The van der Waals surface area contributed by atoms with Crippen LogP contribution >= 0.6 is 0 Å². The van der Waals surface area contributed by atoms with E-state index in [1.54, 1.807) is 6.92 Å². The van der Waals surface area contributed by atoms with Gasteiger partial charge in [0.15, 0.2) is 5.76 Å². The van der Waals surface area contributed by atoms with Crippen LogP contribution in [0.2, 0.25) is 0 Å². The van der Waals surface area contributed by atoms with E-state index >= 15 is 0 Å². The Morgan fingerprint density at radius 1 is 0.964 bits per heavy atom. The van der Waals surface area contributed by atoms with E-state index in [1.807, 2.05) is 0 Å². The molecular formula is C24H36O4. The maximum absolute atomic E-state index is 12.4. The average Bonchev–Trinajstić information content (AvgIpc) is 2.64. The number of Topliss-reactive ketones (excluding diaryl/α,β-unsaturated/α-hetero) is 1. The molecule has 1 aliphatic rings. The summed E-state index contributed by atoms with van der Waals surface area (Å²) in [5.74, 6) is 0.0559. The van der Waals surface area contributed by atoms with Crippen molar-refractivity contribution in [2.75, 3.05) is 14.2 Å². The van der Waals surface area contributed by atoms with Crippen LogP contribution in [-0.2, 0) is 14.3 Å². The van der Waals surface area contributed by atoms with Crippen LogP contribution in [0.1, 0.15) is 66.7 Å². The van der Waals surface area contributed by atoms with Crippen molar-refractivity contribution in [1.29, 1.82) is 0 Å². The number of methoxy groups -OCH3 is 2. The highest BCUT2D eigenvalue weighted by Crippen LogP contribution is 2.31. The third kappa shape index (κ3) is 6.83. The summed E-state index contributed by atoms with van der Waals surface area (Å²) in [5.41, 5.74) is 5.23. The number of allylic oxidation sites excluding steroid dienone is 7. The van der Waals surface area contributed by atoms with Crippen molar-refractivity contribution in [3.05, 3.63) is 57.6 Å². The third-order valence-corrected chi connectivity index (χ3v) is 5.05. The molecule has 1 rings (SSSR count). The molecule has 1 unspecified atom stereocenters. The molecule has 0 amide bonds. The Hall–Kier alpha value is -2.07. The zero-order chi connectivity index (χ0) is 21.3. The molecule has 1 atom stereocenters. The van der Waals surface area contributed by atoms with Gasteiger partial charge in [-0.3, -0.25) is 4.79 Å². The van der Waals surface area contributed by atoms with Crippen LogP contribution in [-0.4, -0.2) is 31.2 Å². The van der Waals surface area contributed by atoms with Crippen molar-refractivity contribution in [3.8, 4) is 0 Å². The normalized spacial score (nSPS) is 18.6. The number of hydrogen-bond acceptors (Lipinski definition) is 4. The monoisotopic (exact) mass is 388 g/mol. The molecule has 156 valence electrons. The highest BCUT2D eigenvalue weighted by molar-refractivity contribution is 6.08. The van der Waals surface area contributed by atoms with E-state index in [-0.39, 0.29) is 17.3 Å². The number of carbonyl (C=O) groups is 1. The molecule has 0 saturated carbocycles. The van der Waals surface area contributed by atoms with E-state index in [0.717, 1.165) is 25.7 Å². The number of carbonyl (C=O) groups excluding carboxylic acids is 1. The predicted molar refractivity (Wildman–Crippen MR) is 115 cm³/mol. The summed E-state index contributed by atoms with van der Waals surface area (Å²) in [4.78, 5) is 12.4. The molecule has 28 heavy (non-hydrogen) atoms. The smallest absolute Gasteiger partial charge is 0.226 e. The van der Waals surface area contributed by atoms with Gasteiger partial charge in [-0.2, -0.15) is 0 Å². The molecule has 0 aliphatic heterocycles. The highest BCUT2D eigenvalue weighted by Gasteiger charge is 2.34. The van der Waals surface area contributed by atoms with Crippen LogP contribution in [0.15, 0.2) is 57.6 Å². The maximum atomic E-state index is 12.4. The van der Waals surface area contributed by atoms with Crippen LogP contribution in [0, 0.1) is 0 Å². The van der Waals surface area contributed by atoms with E-state index in [9.17, 15) is 9.90 Å². The predicted octanol–water partition coefficient (Wildman–Crippen LogP) is 5.56. The lowest BCUT2D eigenvalue weighted by Crippen LogP contribution is -2.28. The van der Waals surface area contributed by atoms with E-state index in [2.05, 4.69) is 45.9 Å². The molecule has 4 heteroatoms. The Labute approximate surface area is 170 Å². The molecule has 0 fully saturated rings. The van der Waals surface area contributed by atoms with Crippen LogP contribution in [0.25, 0.3) is 0 Å². The number of aliphatic hydroxyl groups excluding tert-OH is 1. The molecule has 0 spiro atoms. The summed E-state index contributed by atoms with van der Waals surface area (Å²) in [6.45, 7) is 10.3. The van der Waals surface area contributed by atoms with Gasteiger partial charge in [-0.15, -0.1) is 0 Å². The fraction of sp³-hybridized carbons (Fsp3) is 0.542. The molecule has 0 aromatic carbocycles. The van der Waals surface area contributed by atoms with Gasteiger partial charge in [0.05, 0.1) is 14.2 Å². The lowest BCUT2D eigenvalue weighted by Gasteiger charge is -2.25. The number of ketones is 1. The van der Waals surface area contributed by atoms with Crippen molar-refractivity contribution in [3.63, 3.8) is 0 Å². The zero-order valence-corrected chi connectivity index (χ0v) is 18.5. The lowest BCUT2D eigenvalue weighted by molar-refractivity contribution is -0.116. The minimum Gasteiger partial charge on any atom is -0.494 e. The molecule has 0 aromatic heterocycles. The fourth-order valence-electron chi connectivity index (χ4n) is 3.20. The van der Waals surface area contributed by atoms with Gasteiger partial charge in [0.1, 0.15) is 6.10 Å². The number of ether oxygens (including phenoxy) is 2. The van der Waals surface area contributed by atoms with Crippen molar-refractivity contribution >= 4 is 5.78 Å². The van der Waals surface area contributed by atoms with Gasteiger partial charge in [-0.25, -0.2) is 0 Å². The van der Waals surface area contributed by atoms with Gasteiger partial charge in [-0.05, 0) is 72.3 Å². The quantitative estimate of drug-likeness (QED) is 0.498. The second kappa shape index (κ2) is 11.7. The summed E-state index contributed by atoms with van der Waals surface area (Å²) in [6, 6.07) is 0. The second-order valence-electron chi connectivity index (χ2n) is 7.65. The van der Waals surface area contributed by atoms with E-state index in [4.69, 9.17) is 9.47 Å². The molecule has 0 radical (unpaired) electrons.